The molecule has 0 aliphatic carbocycles. The summed E-state index contributed by atoms with van der Waals surface area (Å²) >= 11 is 0. The highest BCUT2D eigenvalue weighted by Crippen LogP contribution is 2.17. The molecule has 1 aliphatic rings. The summed E-state index contributed by atoms with van der Waals surface area (Å²) in [6.07, 6.45) is 0.00638. The standard InChI is InChI=1S/C14H20N2O3/c1-19-10-16-9-12(17)7-13(16)14(18)15-8-11-5-3-2-4-6-11/h2-6,12-13,17H,7-10H2,1H3,(H,15,18)/t12-,13+/m1/s1. The van der Waals surface area contributed by atoms with E-state index < -0.39 is 6.10 Å². The number of hydrogen-bond acceptors (Lipinski definition) is 4. The maximum absolute atomic E-state index is 12.1. The van der Waals surface area contributed by atoms with Gasteiger partial charge in [-0.2, -0.15) is 0 Å². The Labute approximate surface area is 113 Å². The molecule has 1 amide bonds. The molecule has 1 aliphatic heterocycles. The predicted molar refractivity (Wildman–Crippen MR) is 71.3 cm³/mol. The highest BCUT2D eigenvalue weighted by atomic mass is 16.5. The molecule has 0 spiro atoms. The molecular formula is C14H20N2O3. The first kappa shape index (κ1) is 14.0. The van der Waals surface area contributed by atoms with Crippen molar-refractivity contribution in [1.29, 1.82) is 0 Å². The van der Waals surface area contributed by atoms with Crippen molar-refractivity contribution < 1.29 is 14.6 Å². The maximum Gasteiger partial charge on any atom is 0.237 e. The zero-order chi connectivity index (χ0) is 13.7. The van der Waals surface area contributed by atoms with Crippen LogP contribution in [0.3, 0.4) is 0 Å². The lowest BCUT2D eigenvalue weighted by Crippen LogP contribution is -2.43. The average Bonchev–Trinajstić information content (AvgIpc) is 2.79. The van der Waals surface area contributed by atoms with E-state index in [1.807, 2.05) is 35.2 Å². The van der Waals surface area contributed by atoms with Crippen LogP contribution in [0.15, 0.2) is 30.3 Å². The monoisotopic (exact) mass is 264 g/mol. The SMILES string of the molecule is COCN1C[C@H](O)C[C@H]1C(=O)NCc1ccccc1. The van der Waals surface area contributed by atoms with Crippen molar-refractivity contribution in [2.45, 2.75) is 25.1 Å². The number of nitrogens with one attached hydrogen (secondary N) is 1. The van der Waals surface area contributed by atoms with Gasteiger partial charge in [-0.1, -0.05) is 30.3 Å². The van der Waals surface area contributed by atoms with Crippen molar-refractivity contribution in [2.75, 3.05) is 20.4 Å². The lowest BCUT2D eigenvalue weighted by Gasteiger charge is -2.22. The van der Waals surface area contributed by atoms with Crippen molar-refractivity contribution in [3.8, 4) is 0 Å². The summed E-state index contributed by atoms with van der Waals surface area (Å²) in [5.41, 5.74) is 1.06. The summed E-state index contributed by atoms with van der Waals surface area (Å²) in [5, 5.41) is 12.6. The van der Waals surface area contributed by atoms with Crippen LogP contribution >= 0.6 is 0 Å². The Morgan fingerprint density at radius 1 is 1.47 bits per heavy atom. The van der Waals surface area contributed by atoms with Crippen LogP contribution in [0.2, 0.25) is 0 Å². The van der Waals surface area contributed by atoms with Crippen LogP contribution in [0.1, 0.15) is 12.0 Å². The topological polar surface area (TPSA) is 61.8 Å². The predicted octanol–water partition coefficient (Wildman–Crippen LogP) is 0.342. The molecule has 1 fully saturated rings. The molecule has 5 nitrogen and oxygen atoms in total. The first-order chi connectivity index (χ1) is 9.20. The zero-order valence-electron chi connectivity index (χ0n) is 11.1. The van der Waals surface area contributed by atoms with E-state index in [1.54, 1.807) is 7.11 Å². The van der Waals surface area contributed by atoms with Crippen LogP contribution in [0.4, 0.5) is 0 Å². The number of nitrogens with zero attached hydrogens (tertiary/aromatic N) is 1. The average molecular weight is 264 g/mol. The normalized spacial score (nSPS) is 23.5. The number of ether oxygens (including phenoxy) is 1. The first-order valence-corrected chi connectivity index (χ1v) is 6.43. The minimum absolute atomic E-state index is 0.0579. The molecule has 0 radical (unpaired) electrons. The van der Waals surface area contributed by atoms with Crippen molar-refractivity contribution >= 4 is 5.91 Å². The van der Waals surface area contributed by atoms with E-state index >= 15 is 0 Å². The number of likely N-dealkylation sites (tertiary alicyclic amines) is 1. The number of rotatable bonds is 5. The van der Waals surface area contributed by atoms with Crippen LogP contribution in [0.25, 0.3) is 0 Å². The molecule has 2 rings (SSSR count). The van der Waals surface area contributed by atoms with Gasteiger partial charge in [0.1, 0.15) is 0 Å². The summed E-state index contributed by atoms with van der Waals surface area (Å²) in [6, 6.07) is 9.46. The minimum atomic E-state index is -0.456. The molecule has 2 atom stereocenters. The fourth-order valence-corrected chi connectivity index (χ4v) is 2.36. The Kier molecular flexibility index (Phi) is 4.90. The Morgan fingerprint density at radius 3 is 2.89 bits per heavy atom. The number of carbonyl (C=O) groups excluding carboxylic acids is 1. The molecule has 19 heavy (non-hydrogen) atoms. The van der Waals surface area contributed by atoms with Crippen molar-refractivity contribution in [2.24, 2.45) is 0 Å². The van der Waals surface area contributed by atoms with Gasteiger partial charge in [-0.25, -0.2) is 0 Å². The number of aliphatic hydroxyl groups excluding tert-OH is 1. The fraction of sp³-hybridized carbons (Fsp3) is 0.500. The second-order valence-corrected chi connectivity index (χ2v) is 4.80. The van der Waals surface area contributed by atoms with E-state index in [2.05, 4.69) is 5.32 Å². The Bertz CT molecular complexity index is 410. The number of hydrogen-bond donors (Lipinski definition) is 2. The van der Waals surface area contributed by atoms with Crippen LogP contribution in [0, 0.1) is 0 Å². The van der Waals surface area contributed by atoms with Gasteiger partial charge in [0.2, 0.25) is 5.91 Å². The van der Waals surface area contributed by atoms with Gasteiger partial charge >= 0.3 is 0 Å². The lowest BCUT2D eigenvalue weighted by molar-refractivity contribution is -0.127. The third kappa shape index (κ3) is 3.76. The number of carbonyl (C=O) groups is 1. The third-order valence-electron chi connectivity index (χ3n) is 3.29. The molecule has 0 bridgehead atoms. The van der Waals surface area contributed by atoms with Gasteiger partial charge in [-0.3, -0.25) is 9.69 Å². The van der Waals surface area contributed by atoms with E-state index in [0.717, 1.165) is 5.56 Å². The second kappa shape index (κ2) is 6.65. The third-order valence-corrected chi connectivity index (χ3v) is 3.29. The molecule has 0 aromatic heterocycles. The highest BCUT2D eigenvalue weighted by Gasteiger charge is 2.35. The quantitative estimate of drug-likeness (QED) is 0.805. The van der Waals surface area contributed by atoms with E-state index in [0.29, 0.717) is 26.2 Å². The molecule has 0 saturated carbocycles. The smallest absolute Gasteiger partial charge is 0.237 e. The van der Waals surface area contributed by atoms with Crippen LogP contribution in [-0.4, -0.2) is 48.4 Å². The van der Waals surface area contributed by atoms with Crippen LogP contribution in [0.5, 0.6) is 0 Å². The highest BCUT2D eigenvalue weighted by molar-refractivity contribution is 5.82. The van der Waals surface area contributed by atoms with Gasteiger partial charge in [0.05, 0.1) is 18.9 Å². The molecule has 1 aromatic rings. The summed E-state index contributed by atoms with van der Waals surface area (Å²) in [5.74, 6) is -0.0579. The molecule has 104 valence electrons. The molecule has 0 unspecified atom stereocenters. The summed E-state index contributed by atoms with van der Waals surface area (Å²) in [4.78, 5) is 14.0. The van der Waals surface area contributed by atoms with Gasteiger partial charge in [0.15, 0.2) is 0 Å². The largest absolute Gasteiger partial charge is 0.392 e. The molecular weight excluding hydrogens is 244 g/mol. The van der Waals surface area contributed by atoms with E-state index in [1.165, 1.54) is 0 Å². The summed E-state index contributed by atoms with van der Waals surface area (Å²) in [6.45, 7) is 1.35. The van der Waals surface area contributed by atoms with Crippen molar-refractivity contribution in [1.82, 2.24) is 10.2 Å². The van der Waals surface area contributed by atoms with Crippen molar-refractivity contribution in [3.05, 3.63) is 35.9 Å². The zero-order valence-corrected chi connectivity index (χ0v) is 11.1. The molecule has 1 saturated heterocycles. The number of aliphatic hydroxyl groups is 1. The Balaban J connectivity index is 1.88. The molecule has 1 aromatic carbocycles. The lowest BCUT2D eigenvalue weighted by atomic mass is 10.1. The van der Waals surface area contributed by atoms with Crippen LogP contribution in [-0.2, 0) is 16.1 Å². The second-order valence-electron chi connectivity index (χ2n) is 4.80. The number of amides is 1. The van der Waals surface area contributed by atoms with E-state index in [4.69, 9.17) is 4.74 Å². The van der Waals surface area contributed by atoms with E-state index in [-0.39, 0.29) is 11.9 Å². The van der Waals surface area contributed by atoms with E-state index in [9.17, 15) is 9.90 Å². The van der Waals surface area contributed by atoms with Gasteiger partial charge in [-0.15, -0.1) is 0 Å². The summed E-state index contributed by atoms with van der Waals surface area (Å²) < 4.78 is 5.05. The number of β-amino-alcohol motifs (C(OH)–C–C–N with tert-alkyl or cyclic N) is 1. The molecule has 2 N–H and O–H groups in total. The maximum atomic E-state index is 12.1. The number of benzene rings is 1. The van der Waals surface area contributed by atoms with Gasteiger partial charge in [0, 0.05) is 20.2 Å². The van der Waals surface area contributed by atoms with Crippen LogP contribution < -0.4 is 5.32 Å². The Hall–Kier alpha value is -1.43. The minimum Gasteiger partial charge on any atom is -0.392 e. The van der Waals surface area contributed by atoms with Gasteiger partial charge in [-0.05, 0) is 12.0 Å². The van der Waals surface area contributed by atoms with Gasteiger partial charge in [0.25, 0.3) is 0 Å². The summed E-state index contributed by atoms with van der Waals surface area (Å²) in [7, 11) is 1.59. The van der Waals surface area contributed by atoms with Gasteiger partial charge < -0.3 is 15.2 Å². The first-order valence-electron chi connectivity index (χ1n) is 6.43. The Morgan fingerprint density at radius 2 is 2.21 bits per heavy atom. The van der Waals surface area contributed by atoms with Crippen molar-refractivity contribution in [3.63, 3.8) is 0 Å². The molecule has 1 heterocycles. The fourth-order valence-electron chi connectivity index (χ4n) is 2.36. The molecule has 5 heteroatoms. The number of methoxy groups -OCH3 is 1.